The zero-order valence-electron chi connectivity index (χ0n) is 11.8. The fourth-order valence-corrected chi connectivity index (χ4v) is 2.42. The van der Waals surface area contributed by atoms with Gasteiger partial charge in [0.2, 0.25) is 0 Å². The predicted molar refractivity (Wildman–Crippen MR) is 71.7 cm³/mol. The number of benzene rings is 1. The summed E-state index contributed by atoms with van der Waals surface area (Å²) in [5.74, 6) is -0.0941. The fraction of sp³-hybridized carbons (Fsp3) is 0.600. The van der Waals surface area contributed by atoms with Gasteiger partial charge in [-0.1, -0.05) is 26.8 Å². The lowest BCUT2D eigenvalue weighted by atomic mass is 9.77. The normalized spacial score (nSPS) is 13.8. The number of aryl methyl sites for hydroxylation is 2. The zero-order valence-corrected chi connectivity index (χ0v) is 11.8. The second-order valence-electron chi connectivity index (χ2n) is 5.54. The van der Waals surface area contributed by atoms with E-state index < -0.39 is 0 Å². The first-order chi connectivity index (χ1) is 7.83. The molecule has 0 bridgehead atoms. The third kappa shape index (κ3) is 2.86. The molecule has 0 aliphatic heterocycles. The molecule has 0 amide bonds. The first kappa shape index (κ1) is 14.2. The molecule has 0 aromatic heterocycles. The van der Waals surface area contributed by atoms with Crippen molar-refractivity contribution in [3.63, 3.8) is 0 Å². The smallest absolute Gasteiger partial charge is 0.128 e. The summed E-state index contributed by atoms with van der Waals surface area (Å²) in [5.41, 5.74) is 2.86. The van der Waals surface area contributed by atoms with Crippen molar-refractivity contribution < 1.29 is 4.39 Å². The van der Waals surface area contributed by atoms with E-state index in [1.807, 2.05) is 20.9 Å². The highest BCUT2D eigenvalue weighted by Gasteiger charge is 2.31. The first-order valence-electron chi connectivity index (χ1n) is 6.27. The van der Waals surface area contributed by atoms with Crippen molar-refractivity contribution >= 4 is 0 Å². The van der Waals surface area contributed by atoms with Crippen LogP contribution in [0, 0.1) is 25.1 Å². The van der Waals surface area contributed by atoms with E-state index in [1.165, 1.54) is 0 Å². The van der Waals surface area contributed by atoms with Crippen LogP contribution >= 0.6 is 0 Å². The molecular weight excluding hydrogens is 213 g/mol. The standard InChI is InChI=1S/C15H24FN/c1-7-15(4,5)14(17-6)13-11(3)8-10(2)9-12(13)16/h8-9,14,17H,7H2,1-6H3. The maximum atomic E-state index is 14.2. The van der Waals surface area contributed by atoms with Crippen molar-refractivity contribution in [2.45, 2.75) is 47.1 Å². The number of hydrogen-bond donors (Lipinski definition) is 1. The minimum atomic E-state index is -0.0941. The van der Waals surface area contributed by atoms with Gasteiger partial charge in [-0.25, -0.2) is 4.39 Å². The van der Waals surface area contributed by atoms with E-state index in [-0.39, 0.29) is 17.3 Å². The molecule has 1 N–H and O–H groups in total. The van der Waals surface area contributed by atoms with Gasteiger partial charge >= 0.3 is 0 Å². The highest BCUT2D eigenvalue weighted by molar-refractivity contribution is 5.35. The molecule has 0 heterocycles. The van der Waals surface area contributed by atoms with Crippen molar-refractivity contribution in [3.05, 3.63) is 34.6 Å². The summed E-state index contributed by atoms with van der Waals surface area (Å²) in [5, 5.41) is 3.27. The number of hydrogen-bond acceptors (Lipinski definition) is 1. The lowest BCUT2D eigenvalue weighted by Gasteiger charge is -2.35. The van der Waals surface area contributed by atoms with Gasteiger partial charge in [0.05, 0.1) is 0 Å². The molecule has 1 rings (SSSR count). The van der Waals surface area contributed by atoms with Gasteiger partial charge in [0.1, 0.15) is 5.82 Å². The van der Waals surface area contributed by atoms with Crippen LogP contribution in [-0.4, -0.2) is 7.05 Å². The SMILES string of the molecule is CCC(C)(C)C(NC)c1c(C)cc(C)cc1F. The fourth-order valence-electron chi connectivity index (χ4n) is 2.42. The molecule has 2 heteroatoms. The Morgan fingerprint density at radius 2 is 1.88 bits per heavy atom. The minimum Gasteiger partial charge on any atom is -0.312 e. The molecule has 0 radical (unpaired) electrons. The van der Waals surface area contributed by atoms with Crippen LogP contribution in [0.3, 0.4) is 0 Å². The molecule has 1 unspecified atom stereocenters. The molecule has 96 valence electrons. The Balaban J connectivity index is 3.31. The second-order valence-corrected chi connectivity index (χ2v) is 5.54. The molecule has 1 aromatic carbocycles. The highest BCUT2D eigenvalue weighted by Crippen LogP contribution is 2.38. The predicted octanol–water partition coefficient (Wildman–Crippen LogP) is 4.14. The Morgan fingerprint density at radius 1 is 1.29 bits per heavy atom. The van der Waals surface area contributed by atoms with Gasteiger partial charge in [-0.15, -0.1) is 0 Å². The van der Waals surface area contributed by atoms with Crippen molar-refractivity contribution in [2.75, 3.05) is 7.05 Å². The number of rotatable bonds is 4. The van der Waals surface area contributed by atoms with Crippen LogP contribution in [-0.2, 0) is 0 Å². The largest absolute Gasteiger partial charge is 0.312 e. The van der Waals surface area contributed by atoms with Crippen molar-refractivity contribution in [2.24, 2.45) is 5.41 Å². The summed E-state index contributed by atoms with van der Waals surface area (Å²) in [6.45, 7) is 10.4. The van der Waals surface area contributed by atoms with Crippen LogP contribution in [0.2, 0.25) is 0 Å². The Labute approximate surface area is 104 Å². The highest BCUT2D eigenvalue weighted by atomic mass is 19.1. The Kier molecular flexibility index (Phi) is 4.31. The van der Waals surface area contributed by atoms with Gasteiger partial charge < -0.3 is 5.32 Å². The lowest BCUT2D eigenvalue weighted by Crippen LogP contribution is -2.33. The van der Waals surface area contributed by atoms with E-state index in [0.29, 0.717) is 0 Å². The Bertz CT molecular complexity index is 373. The topological polar surface area (TPSA) is 12.0 Å². The van der Waals surface area contributed by atoms with Gasteiger partial charge in [-0.3, -0.25) is 0 Å². The first-order valence-corrected chi connectivity index (χ1v) is 6.27. The lowest BCUT2D eigenvalue weighted by molar-refractivity contribution is 0.239. The number of nitrogens with one attached hydrogen (secondary N) is 1. The van der Waals surface area contributed by atoms with E-state index in [9.17, 15) is 4.39 Å². The van der Waals surface area contributed by atoms with Gasteiger partial charge in [-0.2, -0.15) is 0 Å². The molecule has 1 nitrogen and oxygen atoms in total. The summed E-state index contributed by atoms with van der Waals surface area (Å²) in [4.78, 5) is 0. The van der Waals surface area contributed by atoms with Crippen LogP contribution in [0.15, 0.2) is 12.1 Å². The third-order valence-electron chi connectivity index (χ3n) is 3.75. The van der Waals surface area contributed by atoms with Gasteiger partial charge in [0.15, 0.2) is 0 Å². The molecule has 1 atom stereocenters. The Hall–Kier alpha value is -0.890. The summed E-state index contributed by atoms with van der Waals surface area (Å²) >= 11 is 0. The number of halogens is 1. The van der Waals surface area contributed by atoms with E-state index >= 15 is 0 Å². The van der Waals surface area contributed by atoms with E-state index in [4.69, 9.17) is 0 Å². The molecule has 0 aliphatic carbocycles. The zero-order chi connectivity index (χ0) is 13.2. The molecule has 0 saturated heterocycles. The van der Waals surface area contributed by atoms with Crippen LogP contribution < -0.4 is 5.32 Å². The van der Waals surface area contributed by atoms with Crippen LogP contribution in [0.4, 0.5) is 4.39 Å². The minimum absolute atomic E-state index is 0.0373. The van der Waals surface area contributed by atoms with Crippen LogP contribution in [0.5, 0.6) is 0 Å². The average Bonchev–Trinajstić information content (AvgIpc) is 2.22. The summed E-state index contributed by atoms with van der Waals surface area (Å²) in [7, 11) is 1.90. The summed E-state index contributed by atoms with van der Waals surface area (Å²) in [6.07, 6.45) is 1.01. The van der Waals surface area contributed by atoms with Crippen LogP contribution in [0.1, 0.15) is 49.9 Å². The van der Waals surface area contributed by atoms with E-state index in [2.05, 4.69) is 32.2 Å². The monoisotopic (exact) mass is 237 g/mol. The molecule has 0 spiro atoms. The third-order valence-corrected chi connectivity index (χ3v) is 3.75. The molecule has 17 heavy (non-hydrogen) atoms. The van der Waals surface area contributed by atoms with Gasteiger partial charge in [0, 0.05) is 11.6 Å². The van der Waals surface area contributed by atoms with E-state index in [0.717, 1.165) is 23.1 Å². The van der Waals surface area contributed by atoms with E-state index in [1.54, 1.807) is 6.07 Å². The van der Waals surface area contributed by atoms with Gasteiger partial charge in [-0.05, 0) is 49.9 Å². The van der Waals surface area contributed by atoms with Gasteiger partial charge in [0.25, 0.3) is 0 Å². The second kappa shape index (κ2) is 5.18. The molecule has 0 aliphatic rings. The average molecular weight is 237 g/mol. The summed E-state index contributed by atoms with van der Waals surface area (Å²) in [6, 6.07) is 3.72. The maximum absolute atomic E-state index is 14.2. The van der Waals surface area contributed by atoms with Crippen molar-refractivity contribution in [3.8, 4) is 0 Å². The Morgan fingerprint density at radius 3 is 2.29 bits per heavy atom. The molecule has 0 saturated carbocycles. The summed E-state index contributed by atoms with van der Waals surface area (Å²) < 4.78 is 14.2. The quantitative estimate of drug-likeness (QED) is 0.830. The van der Waals surface area contributed by atoms with Crippen molar-refractivity contribution in [1.29, 1.82) is 0 Å². The molecule has 1 aromatic rings. The van der Waals surface area contributed by atoms with Crippen molar-refractivity contribution in [1.82, 2.24) is 5.32 Å². The molecule has 0 fully saturated rings. The maximum Gasteiger partial charge on any atom is 0.128 e. The molecular formula is C15H24FN. The van der Waals surface area contributed by atoms with Crippen LogP contribution in [0.25, 0.3) is 0 Å².